The van der Waals surface area contributed by atoms with Crippen molar-refractivity contribution >= 4 is 11.5 Å². The molecule has 2 rings (SSSR count). The summed E-state index contributed by atoms with van der Waals surface area (Å²) >= 11 is 0. The zero-order valence-corrected chi connectivity index (χ0v) is 9.42. The number of pyridine rings is 1. The summed E-state index contributed by atoms with van der Waals surface area (Å²) < 4.78 is 5.28. The minimum atomic E-state index is -0.921. The first-order valence-electron chi connectivity index (χ1n) is 5.10. The van der Waals surface area contributed by atoms with Crippen molar-refractivity contribution in [3.63, 3.8) is 0 Å². The molecule has 0 saturated carbocycles. The lowest BCUT2D eigenvalue weighted by molar-refractivity contribution is -0.426. The van der Waals surface area contributed by atoms with Crippen molar-refractivity contribution in [3.05, 3.63) is 62.8 Å². The maximum atomic E-state index is 10.9. The molecule has 8 nitrogen and oxygen atoms in total. The van der Waals surface area contributed by atoms with Gasteiger partial charge in [0.1, 0.15) is 11.9 Å². The summed E-state index contributed by atoms with van der Waals surface area (Å²) in [7, 11) is 0. The number of hydrogen-bond donors (Lipinski definition) is 0. The van der Waals surface area contributed by atoms with Crippen LogP contribution in [0, 0.1) is 20.2 Å². The van der Waals surface area contributed by atoms with Crippen LogP contribution in [-0.2, 0) is 0 Å². The Morgan fingerprint density at radius 1 is 1.00 bits per heavy atom. The molecule has 0 bridgehead atoms. The second kappa shape index (κ2) is 5.08. The molecule has 2 aromatic rings. The molecular weight excluding hydrogens is 254 g/mol. The van der Waals surface area contributed by atoms with Gasteiger partial charge in [-0.3, -0.25) is 10.1 Å². The first-order valence-corrected chi connectivity index (χ1v) is 5.10. The number of hydrogen-bond acceptors (Lipinski definition) is 6. The highest BCUT2D eigenvalue weighted by molar-refractivity contribution is 5.58. The third kappa shape index (κ3) is 2.63. The molecule has 0 N–H and O–H groups in total. The SMILES string of the molecule is O=[N+]([O-])c1nccc(Oc2ccccc2)c1[N+](=O)[O-]. The van der Waals surface area contributed by atoms with E-state index in [0.29, 0.717) is 5.75 Å². The Kier molecular flexibility index (Phi) is 3.33. The van der Waals surface area contributed by atoms with E-state index in [4.69, 9.17) is 4.74 Å². The predicted octanol–water partition coefficient (Wildman–Crippen LogP) is 2.69. The number of rotatable bonds is 4. The van der Waals surface area contributed by atoms with E-state index in [0.717, 1.165) is 6.20 Å². The van der Waals surface area contributed by atoms with Gasteiger partial charge in [0.05, 0.1) is 4.92 Å². The Morgan fingerprint density at radius 3 is 2.26 bits per heavy atom. The van der Waals surface area contributed by atoms with Gasteiger partial charge >= 0.3 is 11.5 Å². The third-order valence-corrected chi connectivity index (χ3v) is 2.19. The summed E-state index contributed by atoms with van der Waals surface area (Å²) in [6.45, 7) is 0. The quantitative estimate of drug-likeness (QED) is 0.618. The molecule has 0 saturated heterocycles. The van der Waals surface area contributed by atoms with Gasteiger partial charge in [-0.2, -0.15) is 0 Å². The van der Waals surface area contributed by atoms with Gasteiger partial charge in [-0.1, -0.05) is 18.2 Å². The van der Waals surface area contributed by atoms with Gasteiger partial charge in [0.15, 0.2) is 0 Å². The first kappa shape index (κ1) is 12.4. The van der Waals surface area contributed by atoms with Crippen molar-refractivity contribution in [1.29, 1.82) is 0 Å². The van der Waals surface area contributed by atoms with Gasteiger partial charge in [-0.15, -0.1) is 0 Å². The van der Waals surface area contributed by atoms with Crippen molar-refractivity contribution in [2.75, 3.05) is 0 Å². The highest BCUT2D eigenvalue weighted by Gasteiger charge is 2.31. The first-order chi connectivity index (χ1) is 9.09. The molecule has 0 aliphatic heterocycles. The molecule has 0 radical (unpaired) electrons. The van der Waals surface area contributed by atoms with E-state index in [1.165, 1.54) is 6.07 Å². The number of ether oxygens (including phenoxy) is 1. The second-order valence-electron chi connectivity index (χ2n) is 3.41. The van der Waals surface area contributed by atoms with E-state index in [1.807, 2.05) is 0 Å². The van der Waals surface area contributed by atoms with Crippen molar-refractivity contribution in [2.45, 2.75) is 0 Å². The Balaban J connectivity index is 2.48. The maximum Gasteiger partial charge on any atom is 0.446 e. The number of para-hydroxylation sites is 1. The van der Waals surface area contributed by atoms with Crippen LogP contribution in [0.5, 0.6) is 11.5 Å². The standard InChI is InChI=1S/C11H7N3O5/c15-13(16)10-9(6-7-12-11(10)14(17)18)19-8-4-2-1-3-5-8/h1-7H. The van der Waals surface area contributed by atoms with Gasteiger partial charge in [-0.05, 0) is 22.0 Å². The summed E-state index contributed by atoms with van der Waals surface area (Å²) in [4.78, 5) is 23.2. The molecular formula is C11H7N3O5. The predicted molar refractivity (Wildman–Crippen MR) is 64.1 cm³/mol. The Labute approximate surface area is 106 Å². The molecule has 0 unspecified atom stereocenters. The Morgan fingerprint density at radius 2 is 1.68 bits per heavy atom. The fourth-order valence-corrected chi connectivity index (χ4v) is 1.43. The van der Waals surface area contributed by atoms with Crippen LogP contribution >= 0.6 is 0 Å². The average molecular weight is 261 g/mol. The normalized spacial score (nSPS) is 9.89. The fraction of sp³-hybridized carbons (Fsp3) is 0. The van der Waals surface area contributed by atoms with Crippen LogP contribution in [0.15, 0.2) is 42.6 Å². The number of nitro groups is 2. The summed E-state index contributed by atoms with van der Waals surface area (Å²) in [6.07, 6.45) is 1.09. The molecule has 96 valence electrons. The van der Waals surface area contributed by atoms with Crippen LogP contribution in [0.4, 0.5) is 11.5 Å². The molecule has 0 aliphatic rings. The molecule has 19 heavy (non-hydrogen) atoms. The van der Waals surface area contributed by atoms with E-state index < -0.39 is 21.4 Å². The zero-order chi connectivity index (χ0) is 13.8. The lowest BCUT2D eigenvalue weighted by Crippen LogP contribution is -2.01. The van der Waals surface area contributed by atoms with Crippen molar-refractivity contribution in [1.82, 2.24) is 4.98 Å². The molecule has 1 aromatic heterocycles. The van der Waals surface area contributed by atoms with Crippen molar-refractivity contribution in [3.8, 4) is 11.5 Å². The van der Waals surface area contributed by atoms with E-state index in [9.17, 15) is 20.2 Å². The molecule has 0 aliphatic carbocycles. The summed E-state index contributed by atoms with van der Waals surface area (Å²) in [5, 5.41) is 21.6. The molecule has 0 fully saturated rings. The summed E-state index contributed by atoms with van der Waals surface area (Å²) in [5.41, 5.74) is -0.767. The van der Waals surface area contributed by atoms with Crippen molar-refractivity contribution in [2.24, 2.45) is 0 Å². The van der Waals surface area contributed by atoms with Crippen LogP contribution in [0.1, 0.15) is 0 Å². The van der Waals surface area contributed by atoms with Gasteiger partial charge in [0.25, 0.3) is 0 Å². The van der Waals surface area contributed by atoms with Crippen LogP contribution in [0.3, 0.4) is 0 Å². The molecule has 8 heteroatoms. The minimum Gasteiger partial charge on any atom is -0.450 e. The highest BCUT2D eigenvalue weighted by atomic mass is 16.6. The van der Waals surface area contributed by atoms with Crippen LogP contribution in [0.25, 0.3) is 0 Å². The smallest absolute Gasteiger partial charge is 0.446 e. The summed E-state index contributed by atoms with van der Waals surface area (Å²) in [5.74, 6) is -0.734. The second-order valence-corrected chi connectivity index (χ2v) is 3.41. The molecule has 0 atom stereocenters. The Bertz CT molecular complexity index is 629. The Hall–Kier alpha value is -3.03. The highest BCUT2D eigenvalue weighted by Crippen LogP contribution is 2.36. The topological polar surface area (TPSA) is 108 Å². The zero-order valence-electron chi connectivity index (χ0n) is 9.42. The van der Waals surface area contributed by atoms with Crippen LogP contribution < -0.4 is 4.74 Å². The van der Waals surface area contributed by atoms with Gasteiger partial charge in [0, 0.05) is 6.07 Å². The number of aromatic nitrogens is 1. The van der Waals surface area contributed by atoms with E-state index >= 15 is 0 Å². The average Bonchev–Trinajstić information content (AvgIpc) is 2.39. The van der Waals surface area contributed by atoms with Gasteiger partial charge < -0.3 is 14.9 Å². The third-order valence-electron chi connectivity index (χ3n) is 2.19. The van der Waals surface area contributed by atoms with Crippen molar-refractivity contribution < 1.29 is 14.6 Å². The maximum absolute atomic E-state index is 10.9. The van der Waals surface area contributed by atoms with Gasteiger partial charge in [0.2, 0.25) is 5.75 Å². The van der Waals surface area contributed by atoms with Crippen LogP contribution in [0.2, 0.25) is 0 Å². The molecule has 0 spiro atoms. The summed E-state index contributed by atoms with van der Waals surface area (Å²) in [6, 6.07) is 9.47. The largest absolute Gasteiger partial charge is 0.450 e. The van der Waals surface area contributed by atoms with Gasteiger partial charge in [-0.25, -0.2) is 0 Å². The number of benzene rings is 1. The van der Waals surface area contributed by atoms with Crippen LogP contribution in [-0.4, -0.2) is 14.8 Å². The number of nitrogens with zero attached hydrogens (tertiary/aromatic N) is 3. The van der Waals surface area contributed by atoms with E-state index in [1.54, 1.807) is 30.3 Å². The van der Waals surface area contributed by atoms with E-state index in [-0.39, 0.29) is 5.75 Å². The lowest BCUT2D eigenvalue weighted by atomic mass is 10.3. The van der Waals surface area contributed by atoms with E-state index in [2.05, 4.69) is 4.98 Å². The lowest BCUT2D eigenvalue weighted by Gasteiger charge is -2.05. The molecule has 0 amide bonds. The monoisotopic (exact) mass is 261 g/mol. The molecule has 1 aromatic carbocycles. The molecule has 1 heterocycles. The minimum absolute atomic E-state index is 0.224. The fourth-order valence-electron chi connectivity index (χ4n) is 1.43.